The third kappa shape index (κ3) is 6.80. The lowest BCUT2D eigenvalue weighted by molar-refractivity contribution is -0.384. The van der Waals surface area contributed by atoms with Crippen molar-refractivity contribution in [2.45, 2.75) is 45.8 Å². The summed E-state index contributed by atoms with van der Waals surface area (Å²) in [5, 5.41) is 20.1. The molecule has 2 unspecified atom stereocenters. The highest BCUT2D eigenvalue weighted by atomic mass is 16.6. The van der Waals surface area contributed by atoms with Crippen molar-refractivity contribution < 1.29 is 9.72 Å². The lowest BCUT2D eigenvalue weighted by Gasteiger charge is -2.25. The number of nitrogens with zero attached hydrogens (tertiary/aromatic N) is 3. The summed E-state index contributed by atoms with van der Waals surface area (Å²) in [5.74, 6) is 0.261. The molecule has 2 atom stereocenters. The number of imidazole rings is 1. The number of nitro benzene ring substituents is 1. The zero-order valence-corrected chi connectivity index (χ0v) is 21.3. The molecule has 0 aliphatic carbocycles. The summed E-state index contributed by atoms with van der Waals surface area (Å²) in [7, 11) is 0. The van der Waals surface area contributed by atoms with Gasteiger partial charge in [-0.25, -0.2) is 4.98 Å². The molecular weight excluding hydrogens is 466 g/mol. The van der Waals surface area contributed by atoms with Gasteiger partial charge in [0.2, 0.25) is 5.91 Å². The predicted molar refractivity (Wildman–Crippen MR) is 145 cm³/mol. The van der Waals surface area contributed by atoms with E-state index in [0.717, 1.165) is 24.2 Å². The molecule has 37 heavy (non-hydrogen) atoms. The molecule has 4 aromatic rings. The third-order valence-electron chi connectivity index (χ3n) is 6.88. The first-order valence-corrected chi connectivity index (χ1v) is 12.6. The summed E-state index contributed by atoms with van der Waals surface area (Å²) in [6.45, 7) is 6.18. The molecule has 8 heteroatoms. The van der Waals surface area contributed by atoms with E-state index in [1.54, 1.807) is 24.7 Å². The van der Waals surface area contributed by atoms with Crippen LogP contribution >= 0.6 is 0 Å². The molecule has 1 heterocycles. The standard InChI is InChI=1S/C29H33N5O3/c1-3-21(2)28(18-30-16-24-9-6-8-23-7-4-5-10-27(23)24)32-29(35)15-26-17-31-20-33(26)19-22-11-13-25(14-12-22)34(36)37/h4-14,17,20-21,28,30H,3,15-16,18-19H2,1-2H3,(H,32,35). The van der Waals surface area contributed by atoms with Gasteiger partial charge in [0.1, 0.15) is 0 Å². The van der Waals surface area contributed by atoms with Crippen LogP contribution in [-0.4, -0.2) is 33.0 Å². The molecule has 192 valence electrons. The monoisotopic (exact) mass is 499 g/mol. The lowest BCUT2D eigenvalue weighted by Crippen LogP contribution is -2.46. The Morgan fingerprint density at radius 1 is 1.08 bits per heavy atom. The van der Waals surface area contributed by atoms with E-state index in [1.165, 1.54) is 28.5 Å². The van der Waals surface area contributed by atoms with E-state index >= 15 is 0 Å². The molecule has 2 N–H and O–H groups in total. The molecule has 0 saturated heterocycles. The van der Waals surface area contributed by atoms with Crippen molar-refractivity contribution in [1.82, 2.24) is 20.2 Å². The second kappa shape index (κ2) is 12.3. The van der Waals surface area contributed by atoms with Crippen LogP contribution in [0.1, 0.15) is 37.1 Å². The second-order valence-corrected chi connectivity index (χ2v) is 9.44. The Morgan fingerprint density at radius 2 is 1.84 bits per heavy atom. The van der Waals surface area contributed by atoms with Gasteiger partial charge < -0.3 is 15.2 Å². The zero-order valence-electron chi connectivity index (χ0n) is 21.3. The SMILES string of the molecule is CCC(C)C(CNCc1cccc2ccccc12)NC(=O)Cc1cncn1Cc1ccc([N+](=O)[O-])cc1. The van der Waals surface area contributed by atoms with Crippen LogP contribution in [0.2, 0.25) is 0 Å². The molecule has 0 aliphatic rings. The largest absolute Gasteiger partial charge is 0.351 e. The molecule has 0 saturated carbocycles. The Kier molecular flexibility index (Phi) is 8.64. The summed E-state index contributed by atoms with van der Waals surface area (Å²) < 4.78 is 1.90. The van der Waals surface area contributed by atoms with Crippen molar-refractivity contribution >= 4 is 22.4 Å². The first kappa shape index (κ1) is 26.0. The van der Waals surface area contributed by atoms with Gasteiger partial charge >= 0.3 is 0 Å². The maximum atomic E-state index is 13.0. The minimum atomic E-state index is -0.415. The van der Waals surface area contributed by atoms with Gasteiger partial charge in [0.05, 0.1) is 17.7 Å². The van der Waals surface area contributed by atoms with Gasteiger partial charge in [0, 0.05) is 49.7 Å². The van der Waals surface area contributed by atoms with Crippen molar-refractivity contribution in [1.29, 1.82) is 0 Å². The van der Waals surface area contributed by atoms with Gasteiger partial charge in [-0.3, -0.25) is 14.9 Å². The molecule has 0 spiro atoms. The van der Waals surface area contributed by atoms with E-state index in [9.17, 15) is 14.9 Å². The highest BCUT2D eigenvalue weighted by Crippen LogP contribution is 2.19. The summed E-state index contributed by atoms with van der Waals surface area (Å²) in [6.07, 6.45) is 4.55. The van der Waals surface area contributed by atoms with Crippen LogP contribution in [0, 0.1) is 16.0 Å². The normalized spacial score (nSPS) is 12.8. The van der Waals surface area contributed by atoms with E-state index in [2.05, 4.69) is 65.9 Å². The molecule has 0 aliphatic heterocycles. The van der Waals surface area contributed by atoms with Crippen LogP contribution in [0.3, 0.4) is 0 Å². The number of benzene rings is 3. The molecule has 0 fully saturated rings. The zero-order chi connectivity index (χ0) is 26.2. The number of amides is 1. The van der Waals surface area contributed by atoms with Crippen molar-refractivity contribution in [3.05, 3.63) is 106 Å². The van der Waals surface area contributed by atoms with Gasteiger partial charge in [0.25, 0.3) is 5.69 Å². The Hall–Kier alpha value is -4.04. The number of non-ortho nitro benzene ring substituents is 1. The fourth-order valence-corrected chi connectivity index (χ4v) is 4.47. The smallest absolute Gasteiger partial charge is 0.269 e. The first-order valence-electron chi connectivity index (χ1n) is 12.6. The number of carbonyl (C=O) groups excluding carboxylic acids is 1. The number of fused-ring (bicyclic) bond motifs is 1. The van der Waals surface area contributed by atoms with Crippen LogP contribution in [0.4, 0.5) is 5.69 Å². The highest BCUT2D eigenvalue weighted by molar-refractivity contribution is 5.85. The first-order chi connectivity index (χ1) is 17.9. The quantitative estimate of drug-likeness (QED) is 0.214. The number of hydrogen-bond acceptors (Lipinski definition) is 5. The van der Waals surface area contributed by atoms with Crippen molar-refractivity contribution in [3.63, 3.8) is 0 Å². The maximum Gasteiger partial charge on any atom is 0.269 e. The van der Waals surface area contributed by atoms with Gasteiger partial charge in [-0.15, -0.1) is 0 Å². The second-order valence-electron chi connectivity index (χ2n) is 9.44. The average molecular weight is 500 g/mol. The van der Waals surface area contributed by atoms with Gasteiger partial charge in [0.15, 0.2) is 0 Å². The van der Waals surface area contributed by atoms with E-state index in [0.29, 0.717) is 19.0 Å². The Labute approximate surface area is 216 Å². The van der Waals surface area contributed by atoms with Crippen molar-refractivity contribution in [3.8, 4) is 0 Å². The number of hydrogen-bond donors (Lipinski definition) is 2. The molecule has 0 bridgehead atoms. The van der Waals surface area contributed by atoms with Crippen LogP contribution < -0.4 is 10.6 Å². The summed E-state index contributed by atoms with van der Waals surface area (Å²) >= 11 is 0. The summed E-state index contributed by atoms with van der Waals surface area (Å²) in [5.41, 5.74) is 2.99. The maximum absolute atomic E-state index is 13.0. The van der Waals surface area contributed by atoms with Crippen LogP contribution in [0.5, 0.6) is 0 Å². The molecule has 8 nitrogen and oxygen atoms in total. The minimum Gasteiger partial charge on any atom is -0.351 e. The van der Waals surface area contributed by atoms with E-state index in [1.807, 2.05) is 10.6 Å². The molecule has 1 aromatic heterocycles. The van der Waals surface area contributed by atoms with Crippen LogP contribution in [-0.2, 0) is 24.3 Å². The number of rotatable bonds is 12. The van der Waals surface area contributed by atoms with Gasteiger partial charge in [-0.05, 0) is 27.8 Å². The molecule has 1 amide bonds. The number of carbonyl (C=O) groups is 1. The minimum absolute atomic E-state index is 0.00137. The molecule has 4 rings (SSSR count). The summed E-state index contributed by atoms with van der Waals surface area (Å²) in [4.78, 5) is 27.7. The fourth-order valence-electron chi connectivity index (χ4n) is 4.47. The topological polar surface area (TPSA) is 102 Å². The number of nitrogens with one attached hydrogen (secondary N) is 2. The number of aromatic nitrogens is 2. The third-order valence-corrected chi connectivity index (χ3v) is 6.88. The van der Waals surface area contributed by atoms with Crippen LogP contribution in [0.15, 0.2) is 79.3 Å². The lowest BCUT2D eigenvalue weighted by atomic mass is 9.98. The highest BCUT2D eigenvalue weighted by Gasteiger charge is 2.19. The fraction of sp³-hybridized carbons (Fsp3) is 0.310. The average Bonchev–Trinajstić information content (AvgIpc) is 3.34. The Morgan fingerprint density at radius 3 is 2.59 bits per heavy atom. The van der Waals surface area contributed by atoms with Gasteiger partial charge in [-0.2, -0.15) is 0 Å². The Bertz CT molecular complexity index is 1340. The molecule has 0 radical (unpaired) electrons. The summed E-state index contributed by atoms with van der Waals surface area (Å²) in [6, 6.07) is 21.1. The van der Waals surface area contributed by atoms with E-state index < -0.39 is 4.92 Å². The Balaban J connectivity index is 1.35. The van der Waals surface area contributed by atoms with Crippen LogP contribution in [0.25, 0.3) is 10.8 Å². The van der Waals surface area contributed by atoms with E-state index in [-0.39, 0.29) is 24.1 Å². The molecular formula is C29H33N5O3. The predicted octanol–water partition coefficient (Wildman–Crippen LogP) is 4.86. The number of nitro groups is 1. The van der Waals surface area contributed by atoms with Gasteiger partial charge in [-0.1, -0.05) is 74.9 Å². The van der Waals surface area contributed by atoms with E-state index in [4.69, 9.17) is 0 Å². The molecule has 3 aromatic carbocycles. The van der Waals surface area contributed by atoms with Crippen molar-refractivity contribution in [2.75, 3.05) is 6.54 Å². The van der Waals surface area contributed by atoms with Crippen molar-refractivity contribution in [2.24, 2.45) is 5.92 Å².